The molecule has 0 radical (unpaired) electrons. The molecule has 0 saturated carbocycles. The second-order valence-corrected chi connectivity index (χ2v) is 7.17. The van der Waals surface area contributed by atoms with Gasteiger partial charge in [-0.3, -0.25) is 0 Å². The summed E-state index contributed by atoms with van der Waals surface area (Å²) < 4.78 is 0. The molecular formula is C20H34O. The lowest BCUT2D eigenvalue weighted by atomic mass is 9.73. The predicted molar refractivity (Wildman–Crippen MR) is 93.1 cm³/mol. The number of phenolic OH excluding ortho intramolecular Hbond substituents is 1. The summed E-state index contributed by atoms with van der Waals surface area (Å²) in [5.41, 5.74) is 2.63. The summed E-state index contributed by atoms with van der Waals surface area (Å²) in [5, 5.41) is 10.8. The molecule has 0 saturated heterocycles. The molecule has 1 N–H and O–H groups in total. The topological polar surface area (TPSA) is 20.2 Å². The minimum absolute atomic E-state index is 0.0870. The SMILES string of the molecule is CCCC(C)(CC)c1cccc(CC(C)(CC)CC)c1O. The van der Waals surface area contributed by atoms with Gasteiger partial charge in [0.15, 0.2) is 0 Å². The summed E-state index contributed by atoms with van der Waals surface area (Å²) >= 11 is 0. The Bertz CT molecular complexity index is 445. The van der Waals surface area contributed by atoms with E-state index in [-0.39, 0.29) is 10.8 Å². The Morgan fingerprint density at radius 3 is 2.05 bits per heavy atom. The van der Waals surface area contributed by atoms with Gasteiger partial charge in [-0.25, -0.2) is 0 Å². The van der Waals surface area contributed by atoms with Crippen LogP contribution >= 0.6 is 0 Å². The Morgan fingerprint density at radius 1 is 0.952 bits per heavy atom. The van der Waals surface area contributed by atoms with E-state index in [2.05, 4.69) is 59.7 Å². The van der Waals surface area contributed by atoms with Crippen molar-refractivity contribution in [3.63, 3.8) is 0 Å². The van der Waals surface area contributed by atoms with Crippen molar-refractivity contribution in [3.8, 4) is 5.75 Å². The summed E-state index contributed by atoms with van der Waals surface area (Å²) in [6.45, 7) is 13.6. The van der Waals surface area contributed by atoms with Gasteiger partial charge in [0.2, 0.25) is 0 Å². The van der Waals surface area contributed by atoms with Crippen LogP contribution in [0.25, 0.3) is 0 Å². The quantitative estimate of drug-likeness (QED) is 0.601. The van der Waals surface area contributed by atoms with Crippen molar-refractivity contribution in [1.82, 2.24) is 0 Å². The smallest absolute Gasteiger partial charge is 0.122 e. The lowest BCUT2D eigenvalue weighted by Crippen LogP contribution is -2.22. The summed E-state index contributed by atoms with van der Waals surface area (Å²) in [5.74, 6) is 0.545. The van der Waals surface area contributed by atoms with Crippen LogP contribution in [0, 0.1) is 5.41 Å². The lowest BCUT2D eigenvalue weighted by Gasteiger charge is -2.32. The molecule has 21 heavy (non-hydrogen) atoms. The molecule has 1 unspecified atom stereocenters. The molecule has 1 aromatic rings. The fourth-order valence-electron chi connectivity index (χ4n) is 3.23. The third-order valence-corrected chi connectivity index (χ3v) is 5.68. The molecule has 0 aliphatic rings. The molecule has 120 valence electrons. The van der Waals surface area contributed by atoms with Crippen LogP contribution in [0.4, 0.5) is 0 Å². The van der Waals surface area contributed by atoms with Crippen LogP contribution in [0.2, 0.25) is 0 Å². The molecule has 0 spiro atoms. The fourth-order valence-corrected chi connectivity index (χ4v) is 3.23. The third-order valence-electron chi connectivity index (χ3n) is 5.68. The number of phenols is 1. The van der Waals surface area contributed by atoms with Crippen molar-refractivity contribution in [1.29, 1.82) is 0 Å². The maximum absolute atomic E-state index is 10.8. The minimum Gasteiger partial charge on any atom is -0.507 e. The molecule has 0 aromatic heterocycles. The van der Waals surface area contributed by atoms with Crippen LogP contribution < -0.4 is 0 Å². The van der Waals surface area contributed by atoms with Gasteiger partial charge in [0.05, 0.1) is 0 Å². The van der Waals surface area contributed by atoms with Gasteiger partial charge in [-0.2, -0.15) is 0 Å². The van der Waals surface area contributed by atoms with E-state index in [1.54, 1.807) is 0 Å². The lowest BCUT2D eigenvalue weighted by molar-refractivity contribution is 0.289. The second kappa shape index (κ2) is 7.33. The standard InChI is InChI=1S/C20H34O/c1-7-14-20(6,10-4)17-13-11-12-16(18(17)21)15-19(5,8-2)9-3/h11-13,21H,7-10,14-15H2,1-6H3. The van der Waals surface area contributed by atoms with E-state index in [1.165, 1.54) is 0 Å². The highest BCUT2D eigenvalue weighted by Crippen LogP contribution is 2.41. The van der Waals surface area contributed by atoms with E-state index in [0.29, 0.717) is 5.75 Å². The second-order valence-electron chi connectivity index (χ2n) is 7.17. The van der Waals surface area contributed by atoms with E-state index in [1.807, 2.05) is 0 Å². The molecule has 0 aliphatic heterocycles. The normalized spacial score (nSPS) is 15.0. The van der Waals surface area contributed by atoms with Crippen molar-refractivity contribution in [2.24, 2.45) is 5.41 Å². The van der Waals surface area contributed by atoms with E-state index >= 15 is 0 Å². The van der Waals surface area contributed by atoms with E-state index in [9.17, 15) is 5.11 Å². The number of para-hydroxylation sites is 1. The Morgan fingerprint density at radius 2 is 1.57 bits per heavy atom. The summed E-state index contributed by atoms with van der Waals surface area (Å²) in [6, 6.07) is 6.34. The molecule has 0 aliphatic carbocycles. The number of rotatable bonds is 8. The Balaban J connectivity index is 3.20. The Kier molecular flexibility index (Phi) is 6.31. The summed E-state index contributed by atoms with van der Waals surface area (Å²) in [7, 11) is 0. The molecule has 1 heteroatoms. The van der Waals surface area contributed by atoms with Crippen molar-refractivity contribution < 1.29 is 5.11 Å². The molecule has 1 nitrogen and oxygen atoms in total. The van der Waals surface area contributed by atoms with E-state index in [4.69, 9.17) is 0 Å². The van der Waals surface area contributed by atoms with E-state index < -0.39 is 0 Å². The van der Waals surface area contributed by atoms with Gasteiger partial charge in [0.25, 0.3) is 0 Å². The highest BCUT2D eigenvalue weighted by atomic mass is 16.3. The number of aromatic hydroxyl groups is 1. The first-order valence-electron chi connectivity index (χ1n) is 8.67. The van der Waals surface area contributed by atoms with Crippen molar-refractivity contribution in [2.45, 2.75) is 85.5 Å². The molecule has 0 fully saturated rings. The first-order chi connectivity index (χ1) is 9.85. The zero-order valence-electron chi connectivity index (χ0n) is 14.9. The largest absolute Gasteiger partial charge is 0.507 e. The molecule has 0 bridgehead atoms. The van der Waals surface area contributed by atoms with Crippen molar-refractivity contribution >= 4 is 0 Å². The molecule has 0 amide bonds. The van der Waals surface area contributed by atoms with Crippen LogP contribution in [0.15, 0.2) is 18.2 Å². The zero-order valence-corrected chi connectivity index (χ0v) is 14.9. The van der Waals surface area contributed by atoms with E-state index in [0.717, 1.165) is 49.7 Å². The van der Waals surface area contributed by atoms with Crippen LogP contribution in [0.3, 0.4) is 0 Å². The Hall–Kier alpha value is -0.980. The molecule has 0 heterocycles. The highest BCUT2D eigenvalue weighted by molar-refractivity contribution is 5.45. The molecular weight excluding hydrogens is 256 g/mol. The van der Waals surface area contributed by atoms with Gasteiger partial charge in [-0.1, -0.05) is 79.0 Å². The monoisotopic (exact) mass is 290 g/mol. The van der Waals surface area contributed by atoms with Gasteiger partial charge in [0, 0.05) is 5.56 Å². The molecule has 1 atom stereocenters. The van der Waals surface area contributed by atoms with Crippen LogP contribution in [0.5, 0.6) is 5.75 Å². The third kappa shape index (κ3) is 4.02. The van der Waals surface area contributed by atoms with Crippen molar-refractivity contribution in [3.05, 3.63) is 29.3 Å². The van der Waals surface area contributed by atoms with Crippen LogP contribution in [-0.4, -0.2) is 5.11 Å². The number of benzene rings is 1. The first-order valence-corrected chi connectivity index (χ1v) is 8.67. The fraction of sp³-hybridized carbons (Fsp3) is 0.700. The van der Waals surface area contributed by atoms with Gasteiger partial charge < -0.3 is 5.11 Å². The Labute approximate surface area is 131 Å². The molecule has 1 rings (SSSR count). The van der Waals surface area contributed by atoms with Crippen molar-refractivity contribution in [2.75, 3.05) is 0 Å². The van der Waals surface area contributed by atoms with Crippen LogP contribution in [0.1, 0.15) is 84.8 Å². The average molecular weight is 290 g/mol. The van der Waals surface area contributed by atoms with Gasteiger partial charge in [-0.15, -0.1) is 0 Å². The van der Waals surface area contributed by atoms with Crippen LogP contribution in [-0.2, 0) is 11.8 Å². The number of hydrogen-bond donors (Lipinski definition) is 1. The number of hydrogen-bond acceptors (Lipinski definition) is 1. The first kappa shape index (κ1) is 18.1. The van der Waals surface area contributed by atoms with Gasteiger partial charge in [-0.05, 0) is 35.7 Å². The maximum Gasteiger partial charge on any atom is 0.122 e. The summed E-state index contributed by atoms with van der Waals surface area (Å²) in [6.07, 6.45) is 6.59. The highest BCUT2D eigenvalue weighted by Gasteiger charge is 2.29. The summed E-state index contributed by atoms with van der Waals surface area (Å²) in [4.78, 5) is 0. The minimum atomic E-state index is 0.0870. The van der Waals surface area contributed by atoms with Gasteiger partial charge >= 0.3 is 0 Å². The molecule has 1 aromatic carbocycles. The maximum atomic E-state index is 10.8. The average Bonchev–Trinajstić information content (AvgIpc) is 2.49. The zero-order chi connectivity index (χ0) is 16.1. The predicted octanol–water partition coefficient (Wildman–Crippen LogP) is 6.23. The van der Waals surface area contributed by atoms with Gasteiger partial charge in [0.1, 0.15) is 5.75 Å².